The molecule has 0 spiro atoms. The zero-order valence-electron chi connectivity index (χ0n) is 13.2. The van der Waals surface area contributed by atoms with E-state index in [1.165, 1.54) is 5.56 Å². The quantitative estimate of drug-likeness (QED) is 0.663. The maximum atomic E-state index is 11.1. The summed E-state index contributed by atoms with van der Waals surface area (Å²) in [5, 5.41) is 0. The van der Waals surface area contributed by atoms with Crippen molar-refractivity contribution in [1.29, 1.82) is 0 Å². The number of piperidine rings is 1. The van der Waals surface area contributed by atoms with Gasteiger partial charge < -0.3 is 20.6 Å². The van der Waals surface area contributed by atoms with E-state index in [0.717, 1.165) is 43.7 Å². The average molecular weight is 325 g/mol. The molecule has 0 saturated carbocycles. The Morgan fingerprint density at radius 2 is 2.04 bits per heavy atom. The van der Waals surface area contributed by atoms with Gasteiger partial charge >= 0.3 is 0 Å². The summed E-state index contributed by atoms with van der Waals surface area (Å²) in [5.74, 6) is 1.68. The van der Waals surface area contributed by atoms with Crippen LogP contribution < -0.4 is 16.2 Å². The summed E-state index contributed by atoms with van der Waals surface area (Å²) in [6.07, 6.45) is 6.55. The van der Waals surface area contributed by atoms with Gasteiger partial charge in [-0.05, 0) is 30.7 Å². The van der Waals surface area contributed by atoms with E-state index < -0.39 is 0 Å². The van der Waals surface area contributed by atoms with Crippen LogP contribution in [-0.4, -0.2) is 38.0 Å². The van der Waals surface area contributed by atoms with Crippen molar-refractivity contribution in [3.05, 3.63) is 40.6 Å². The third kappa shape index (κ3) is 2.82. The number of H-pyrrole nitrogens is 2. The van der Waals surface area contributed by atoms with Crippen molar-refractivity contribution in [2.75, 3.05) is 23.7 Å². The molecule has 0 amide bonds. The van der Waals surface area contributed by atoms with Gasteiger partial charge in [0, 0.05) is 25.4 Å². The number of nitrogens with two attached hydrogens (primary N) is 1. The van der Waals surface area contributed by atoms with Crippen LogP contribution in [0.3, 0.4) is 0 Å². The Balaban J connectivity index is 1.46. The maximum absolute atomic E-state index is 11.1. The van der Waals surface area contributed by atoms with Crippen LogP contribution in [-0.2, 0) is 6.42 Å². The first-order chi connectivity index (χ1) is 11.7. The van der Waals surface area contributed by atoms with Crippen molar-refractivity contribution >= 4 is 22.9 Å². The van der Waals surface area contributed by atoms with E-state index in [4.69, 9.17) is 5.73 Å². The molecule has 0 unspecified atom stereocenters. The molecule has 24 heavy (non-hydrogen) atoms. The smallest absolute Gasteiger partial charge is 0.247 e. The third-order valence-corrected chi connectivity index (χ3v) is 4.57. The van der Waals surface area contributed by atoms with Crippen molar-refractivity contribution in [2.24, 2.45) is 5.92 Å². The monoisotopic (exact) mass is 325 g/mol. The Hall–Kier alpha value is -2.90. The molecule has 124 valence electrons. The molecule has 1 fully saturated rings. The predicted octanol–water partition coefficient (Wildman–Crippen LogP) is 1.08. The van der Waals surface area contributed by atoms with E-state index in [2.05, 4.69) is 29.8 Å². The van der Waals surface area contributed by atoms with Crippen LogP contribution in [0.2, 0.25) is 0 Å². The van der Waals surface area contributed by atoms with Gasteiger partial charge in [0.05, 0.1) is 6.33 Å². The number of aromatic nitrogens is 5. The maximum Gasteiger partial charge on any atom is 0.247 e. The molecule has 3 aromatic rings. The number of imidazole rings is 1. The molecular weight excluding hydrogens is 306 g/mol. The average Bonchev–Trinajstić information content (AvgIpc) is 3.05. The van der Waals surface area contributed by atoms with Gasteiger partial charge in [-0.1, -0.05) is 6.07 Å². The molecule has 8 nitrogen and oxygen atoms in total. The molecule has 0 aromatic carbocycles. The fraction of sp³-hybridized carbons (Fsp3) is 0.375. The lowest BCUT2D eigenvalue weighted by Gasteiger charge is -2.33. The first-order valence-corrected chi connectivity index (χ1v) is 8.08. The molecule has 0 atom stereocenters. The standard InChI is InChI=1S/C16H19N7O/c17-16-21-14-13(19-9-20-14)15(22-16)23-5-3-10(4-6-23)7-11-1-2-12(24)18-8-11/h1-2,8-10H,3-7H2,(H,18,24)(H3,17,19,20,21,22). The van der Waals surface area contributed by atoms with Crippen LogP contribution >= 0.6 is 0 Å². The molecule has 1 saturated heterocycles. The summed E-state index contributed by atoms with van der Waals surface area (Å²) in [7, 11) is 0. The summed E-state index contributed by atoms with van der Waals surface area (Å²) < 4.78 is 0. The number of nitrogen functional groups attached to an aromatic ring is 1. The van der Waals surface area contributed by atoms with E-state index in [1.807, 2.05) is 12.3 Å². The molecular formula is C16H19N7O. The molecule has 8 heteroatoms. The minimum absolute atomic E-state index is 0.0570. The largest absolute Gasteiger partial charge is 0.368 e. The molecule has 1 aliphatic rings. The van der Waals surface area contributed by atoms with E-state index in [-0.39, 0.29) is 11.5 Å². The van der Waals surface area contributed by atoms with E-state index >= 15 is 0 Å². The number of hydrogen-bond acceptors (Lipinski definition) is 6. The zero-order valence-corrected chi connectivity index (χ0v) is 13.2. The molecule has 4 heterocycles. The highest BCUT2D eigenvalue weighted by molar-refractivity contribution is 5.84. The number of pyridine rings is 1. The Kier molecular flexibility index (Phi) is 3.64. The number of aromatic amines is 2. The van der Waals surface area contributed by atoms with Gasteiger partial charge in [-0.2, -0.15) is 9.97 Å². The molecule has 4 rings (SSSR count). The number of nitrogens with one attached hydrogen (secondary N) is 2. The van der Waals surface area contributed by atoms with E-state index in [1.54, 1.807) is 12.4 Å². The molecule has 0 radical (unpaired) electrons. The molecule has 3 aromatic heterocycles. The topological polar surface area (TPSA) is 117 Å². The van der Waals surface area contributed by atoms with Crippen LogP contribution in [0.5, 0.6) is 0 Å². The predicted molar refractivity (Wildman–Crippen MR) is 91.8 cm³/mol. The fourth-order valence-corrected chi connectivity index (χ4v) is 3.32. The Morgan fingerprint density at radius 1 is 1.21 bits per heavy atom. The minimum Gasteiger partial charge on any atom is -0.368 e. The van der Waals surface area contributed by atoms with Gasteiger partial charge in [-0.3, -0.25) is 4.79 Å². The van der Waals surface area contributed by atoms with Crippen molar-refractivity contribution < 1.29 is 0 Å². The summed E-state index contributed by atoms with van der Waals surface area (Å²) in [6.45, 7) is 1.83. The van der Waals surface area contributed by atoms with Crippen LogP contribution in [0.15, 0.2) is 29.5 Å². The van der Waals surface area contributed by atoms with Crippen molar-refractivity contribution in [1.82, 2.24) is 24.9 Å². The molecule has 0 bridgehead atoms. The number of nitrogens with zero attached hydrogens (tertiary/aromatic N) is 4. The summed E-state index contributed by atoms with van der Waals surface area (Å²) in [5.41, 5.74) is 8.36. The highest BCUT2D eigenvalue weighted by atomic mass is 16.1. The lowest BCUT2D eigenvalue weighted by Crippen LogP contribution is -2.35. The van der Waals surface area contributed by atoms with Crippen LogP contribution in [0.1, 0.15) is 18.4 Å². The number of hydrogen-bond donors (Lipinski definition) is 3. The Bertz CT molecular complexity index is 888. The van der Waals surface area contributed by atoms with Gasteiger partial charge in [0.2, 0.25) is 11.5 Å². The zero-order chi connectivity index (χ0) is 16.5. The van der Waals surface area contributed by atoms with Gasteiger partial charge in [0.15, 0.2) is 11.5 Å². The van der Waals surface area contributed by atoms with Gasteiger partial charge in [-0.25, -0.2) is 4.98 Å². The third-order valence-electron chi connectivity index (χ3n) is 4.57. The summed E-state index contributed by atoms with van der Waals surface area (Å²) in [6, 6.07) is 3.49. The van der Waals surface area contributed by atoms with E-state index in [9.17, 15) is 4.79 Å². The second kappa shape index (κ2) is 5.95. The molecule has 0 aliphatic carbocycles. The van der Waals surface area contributed by atoms with Crippen LogP contribution in [0.25, 0.3) is 11.2 Å². The lowest BCUT2D eigenvalue weighted by molar-refractivity contribution is 0.402. The van der Waals surface area contributed by atoms with Crippen molar-refractivity contribution in [3.63, 3.8) is 0 Å². The highest BCUT2D eigenvalue weighted by Gasteiger charge is 2.23. The molecule has 4 N–H and O–H groups in total. The van der Waals surface area contributed by atoms with Crippen molar-refractivity contribution in [3.8, 4) is 0 Å². The normalized spacial score (nSPS) is 15.9. The number of rotatable bonds is 3. The Morgan fingerprint density at radius 3 is 2.79 bits per heavy atom. The Labute approximate surface area is 138 Å². The minimum atomic E-state index is -0.0570. The first-order valence-electron chi connectivity index (χ1n) is 8.08. The summed E-state index contributed by atoms with van der Waals surface area (Å²) >= 11 is 0. The van der Waals surface area contributed by atoms with Crippen molar-refractivity contribution in [2.45, 2.75) is 19.3 Å². The van der Waals surface area contributed by atoms with Crippen LogP contribution in [0, 0.1) is 5.92 Å². The fourth-order valence-electron chi connectivity index (χ4n) is 3.32. The van der Waals surface area contributed by atoms with Gasteiger partial charge in [0.25, 0.3) is 0 Å². The van der Waals surface area contributed by atoms with E-state index in [0.29, 0.717) is 11.6 Å². The number of anilines is 2. The SMILES string of the molecule is Nc1nc(N2CCC(Cc3ccc(=O)[nH]c3)CC2)c2[nH]cnc2n1. The second-order valence-electron chi connectivity index (χ2n) is 6.20. The number of fused-ring (bicyclic) bond motifs is 1. The van der Waals surface area contributed by atoms with Gasteiger partial charge in [0.1, 0.15) is 5.52 Å². The molecule has 1 aliphatic heterocycles. The highest BCUT2D eigenvalue weighted by Crippen LogP contribution is 2.28. The van der Waals surface area contributed by atoms with Gasteiger partial charge in [-0.15, -0.1) is 0 Å². The lowest BCUT2D eigenvalue weighted by atomic mass is 9.91. The van der Waals surface area contributed by atoms with Crippen LogP contribution in [0.4, 0.5) is 11.8 Å². The second-order valence-corrected chi connectivity index (χ2v) is 6.20. The summed E-state index contributed by atoms with van der Waals surface area (Å²) in [4.78, 5) is 31.9. The first kappa shape index (κ1) is 14.7.